The molecule has 1 aromatic heterocycles. The van der Waals surface area contributed by atoms with Gasteiger partial charge in [-0.3, -0.25) is 4.57 Å². The number of hydrogen-bond acceptors (Lipinski definition) is 1. The molecule has 0 aliphatic heterocycles. The highest BCUT2D eigenvalue weighted by atomic mass is 79.9. The van der Waals surface area contributed by atoms with Gasteiger partial charge in [0.25, 0.3) is 0 Å². The van der Waals surface area contributed by atoms with Crippen LogP contribution in [0, 0.1) is 17.5 Å². The first-order valence-electron chi connectivity index (χ1n) is 4.31. The van der Waals surface area contributed by atoms with Crippen LogP contribution < -0.4 is 0 Å². The molecule has 2 rings (SSSR count). The van der Waals surface area contributed by atoms with Crippen LogP contribution in [0.4, 0.5) is 4.39 Å². The van der Waals surface area contributed by atoms with E-state index in [1.54, 1.807) is 23.0 Å². The number of aromatic amines is 1. The summed E-state index contributed by atoms with van der Waals surface area (Å²) in [5, 5.41) is 0. The molecule has 0 radical (unpaired) electrons. The summed E-state index contributed by atoms with van der Waals surface area (Å²) in [5.74, 6) is -0.293. The largest absolute Gasteiger partial charge is 0.337 e. The number of aryl methyl sites for hydroxylation is 1. The van der Waals surface area contributed by atoms with Crippen LogP contribution in [0.5, 0.6) is 0 Å². The fraction of sp³-hybridized carbons (Fsp3) is 0.100. The molecule has 0 fully saturated rings. The minimum Gasteiger partial charge on any atom is -0.337 e. The molecule has 0 spiro atoms. The second-order valence-electron chi connectivity index (χ2n) is 3.19. The Morgan fingerprint density at radius 2 is 2.20 bits per heavy atom. The minimum absolute atomic E-state index is 0.293. The number of H-pyrrole nitrogens is 1. The Morgan fingerprint density at radius 3 is 2.80 bits per heavy atom. The van der Waals surface area contributed by atoms with Crippen LogP contribution in [0.15, 0.2) is 29.0 Å². The summed E-state index contributed by atoms with van der Waals surface area (Å²) in [6, 6.07) is 3.20. The van der Waals surface area contributed by atoms with Crippen molar-refractivity contribution in [1.29, 1.82) is 0 Å². The Balaban J connectivity index is 2.69. The van der Waals surface area contributed by atoms with E-state index in [0.29, 0.717) is 9.24 Å². The Hall–Kier alpha value is -0.940. The molecule has 0 amide bonds. The van der Waals surface area contributed by atoms with Gasteiger partial charge in [-0.15, -0.1) is 0 Å². The maximum atomic E-state index is 13.4. The lowest BCUT2D eigenvalue weighted by Crippen LogP contribution is -1.97. The lowest BCUT2D eigenvalue weighted by molar-refractivity contribution is 0.619. The number of aromatic nitrogens is 2. The lowest BCUT2D eigenvalue weighted by Gasteiger charge is -2.07. The average Bonchev–Trinajstić information content (AvgIpc) is 2.58. The molecular formula is C10H8BrFN2S. The van der Waals surface area contributed by atoms with Crippen LogP contribution in [-0.4, -0.2) is 9.55 Å². The monoisotopic (exact) mass is 286 g/mol. The highest BCUT2D eigenvalue weighted by molar-refractivity contribution is 9.10. The zero-order valence-electron chi connectivity index (χ0n) is 7.92. The molecule has 0 unspecified atom stereocenters. The predicted molar refractivity (Wildman–Crippen MR) is 63.3 cm³/mol. The van der Waals surface area contributed by atoms with E-state index in [-0.39, 0.29) is 5.82 Å². The number of imidazole rings is 1. The smallest absolute Gasteiger partial charge is 0.181 e. The Kier molecular flexibility index (Phi) is 2.75. The van der Waals surface area contributed by atoms with E-state index in [9.17, 15) is 4.39 Å². The summed E-state index contributed by atoms with van der Waals surface area (Å²) >= 11 is 8.22. The molecule has 5 heteroatoms. The van der Waals surface area contributed by atoms with Crippen LogP contribution in [0.3, 0.4) is 0 Å². The van der Waals surface area contributed by atoms with Crippen molar-refractivity contribution in [3.63, 3.8) is 0 Å². The quantitative estimate of drug-likeness (QED) is 0.792. The first-order valence-corrected chi connectivity index (χ1v) is 5.52. The Bertz CT molecular complexity index is 559. The van der Waals surface area contributed by atoms with E-state index < -0.39 is 0 Å². The summed E-state index contributed by atoms with van der Waals surface area (Å²) in [4.78, 5) is 2.87. The van der Waals surface area contributed by atoms with Gasteiger partial charge >= 0.3 is 0 Å². The number of halogens is 2. The zero-order valence-corrected chi connectivity index (χ0v) is 10.3. The standard InChI is InChI=1S/C10H8BrFN2S/c1-6-4-7(11)8(12)5-9(6)14-3-2-13-10(14)15/h2-5H,1H3,(H,13,15). The van der Waals surface area contributed by atoms with Crippen molar-refractivity contribution in [2.75, 3.05) is 0 Å². The SMILES string of the molecule is Cc1cc(Br)c(F)cc1-n1cc[nH]c1=S. The van der Waals surface area contributed by atoms with E-state index >= 15 is 0 Å². The third-order valence-corrected chi connectivity index (χ3v) is 3.07. The number of hydrogen-bond donors (Lipinski definition) is 1. The van der Waals surface area contributed by atoms with Crippen LogP contribution in [-0.2, 0) is 0 Å². The summed E-state index contributed by atoms with van der Waals surface area (Å²) in [7, 11) is 0. The van der Waals surface area contributed by atoms with Crippen LogP contribution in [0.2, 0.25) is 0 Å². The molecule has 0 saturated heterocycles. The highest BCUT2D eigenvalue weighted by Crippen LogP contribution is 2.23. The van der Waals surface area contributed by atoms with E-state index in [1.165, 1.54) is 6.07 Å². The summed E-state index contributed by atoms with van der Waals surface area (Å²) in [5.41, 5.74) is 1.71. The first kappa shape index (κ1) is 10.6. The summed E-state index contributed by atoms with van der Waals surface area (Å²) in [6.45, 7) is 1.91. The van der Waals surface area contributed by atoms with Gasteiger partial charge in [0.2, 0.25) is 0 Å². The van der Waals surface area contributed by atoms with Crippen molar-refractivity contribution < 1.29 is 4.39 Å². The predicted octanol–water partition coefficient (Wildman–Crippen LogP) is 3.74. The molecular weight excluding hydrogens is 279 g/mol. The van der Waals surface area contributed by atoms with Crippen LogP contribution in [0.1, 0.15) is 5.56 Å². The lowest BCUT2D eigenvalue weighted by atomic mass is 10.2. The van der Waals surface area contributed by atoms with E-state index in [1.807, 2.05) is 6.92 Å². The Morgan fingerprint density at radius 1 is 1.47 bits per heavy atom. The fourth-order valence-corrected chi connectivity index (χ4v) is 2.09. The molecule has 0 bridgehead atoms. The average molecular weight is 287 g/mol. The van der Waals surface area contributed by atoms with Gasteiger partial charge in [-0.1, -0.05) is 0 Å². The second-order valence-corrected chi connectivity index (χ2v) is 4.43. The van der Waals surface area contributed by atoms with Gasteiger partial charge < -0.3 is 4.98 Å². The van der Waals surface area contributed by atoms with Gasteiger partial charge in [-0.05, 0) is 52.8 Å². The normalized spacial score (nSPS) is 10.6. The van der Waals surface area contributed by atoms with Crippen molar-refractivity contribution in [3.05, 3.63) is 45.2 Å². The first-order chi connectivity index (χ1) is 7.09. The summed E-state index contributed by atoms with van der Waals surface area (Å²) in [6.07, 6.45) is 3.50. The van der Waals surface area contributed by atoms with Crippen molar-refractivity contribution in [3.8, 4) is 5.69 Å². The Labute approximate surface area is 99.9 Å². The number of benzene rings is 1. The molecule has 0 aliphatic rings. The molecule has 15 heavy (non-hydrogen) atoms. The van der Waals surface area contributed by atoms with Crippen LogP contribution >= 0.6 is 28.1 Å². The number of nitrogens with zero attached hydrogens (tertiary/aromatic N) is 1. The molecule has 2 nitrogen and oxygen atoms in total. The van der Waals surface area contributed by atoms with Gasteiger partial charge in [-0.25, -0.2) is 4.39 Å². The molecule has 1 heterocycles. The zero-order chi connectivity index (χ0) is 11.0. The maximum absolute atomic E-state index is 13.4. The molecule has 0 aliphatic carbocycles. The van der Waals surface area contributed by atoms with Gasteiger partial charge in [0, 0.05) is 12.4 Å². The molecule has 0 atom stereocenters. The minimum atomic E-state index is -0.293. The molecule has 1 aromatic carbocycles. The van der Waals surface area contributed by atoms with Gasteiger partial charge in [0.15, 0.2) is 4.77 Å². The molecule has 2 aromatic rings. The van der Waals surface area contributed by atoms with E-state index in [2.05, 4.69) is 20.9 Å². The van der Waals surface area contributed by atoms with Crippen molar-refractivity contribution in [1.82, 2.24) is 9.55 Å². The topological polar surface area (TPSA) is 20.7 Å². The molecule has 0 saturated carbocycles. The highest BCUT2D eigenvalue weighted by Gasteiger charge is 2.07. The van der Waals surface area contributed by atoms with Crippen LogP contribution in [0.25, 0.3) is 5.69 Å². The van der Waals surface area contributed by atoms with Gasteiger partial charge in [0.05, 0.1) is 10.2 Å². The third kappa shape index (κ3) is 1.89. The van der Waals surface area contributed by atoms with Crippen molar-refractivity contribution in [2.45, 2.75) is 6.92 Å². The van der Waals surface area contributed by atoms with E-state index in [0.717, 1.165) is 11.3 Å². The summed E-state index contributed by atoms with van der Waals surface area (Å²) < 4.78 is 16.1. The molecule has 78 valence electrons. The maximum Gasteiger partial charge on any atom is 0.181 e. The fourth-order valence-electron chi connectivity index (χ4n) is 1.41. The number of rotatable bonds is 1. The number of nitrogens with one attached hydrogen (secondary N) is 1. The van der Waals surface area contributed by atoms with Crippen molar-refractivity contribution >= 4 is 28.1 Å². The second kappa shape index (κ2) is 3.90. The molecule has 1 N–H and O–H groups in total. The van der Waals surface area contributed by atoms with Crippen molar-refractivity contribution in [2.24, 2.45) is 0 Å². The third-order valence-electron chi connectivity index (χ3n) is 2.15. The van der Waals surface area contributed by atoms with Gasteiger partial charge in [-0.2, -0.15) is 0 Å². The van der Waals surface area contributed by atoms with Gasteiger partial charge in [0.1, 0.15) is 5.82 Å². The van der Waals surface area contributed by atoms with E-state index in [4.69, 9.17) is 12.2 Å².